The Kier molecular flexibility index (Phi) is 4.76. The van der Waals surface area contributed by atoms with Crippen LogP contribution in [0.25, 0.3) is 0 Å². The molecule has 2 aromatic heterocycles. The molecule has 2 rings (SSSR count). The SMILES string of the molecule is Cc1noc(C)c1CC(=O)NCCNC(=O)c1ccco1. The van der Waals surface area contributed by atoms with E-state index >= 15 is 0 Å². The summed E-state index contributed by atoms with van der Waals surface area (Å²) in [6, 6.07) is 3.21. The summed E-state index contributed by atoms with van der Waals surface area (Å²) in [6.45, 7) is 4.23. The first kappa shape index (κ1) is 14.8. The molecule has 0 aliphatic carbocycles. The first-order valence-electron chi connectivity index (χ1n) is 6.58. The van der Waals surface area contributed by atoms with Gasteiger partial charge in [-0.1, -0.05) is 5.16 Å². The Labute approximate surface area is 121 Å². The number of carbonyl (C=O) groups excluding carboxylic acids is 2. The first-order chi connectivity index (χ1) is 10.1. The van der Waals surface area contributed by atoms with E-state index in [0.717, 1.165) is 5.56 Å². The van der Waals surface area contributed by atoms with E-state index in [9.17, 15) is 9.59 Å². The maximum Gasteiger partial charge on any atom is 0.287 e. The summed E-state index contributed by atoms with van der Waals surface area (Å²) < 4.78 is 9.95. The van der Waals surface area contributed by atoms with E-state index in [1.54, 1.807) is 26.0 Å². The molecule has 0 aliphatic heterocycles. The summed E-state index contributed by atoms with van der Waals surface area (Å²) in [7, 11) is 0. The molecule has 0 atom stereocenters. The predicted octanol–water partition coefficient (Wildman–Crippen LogP) is 0.973. The van der Waals surface area contributed by atoms with Gasteiger partial charge in [0.15, 0.2) is 5.76 Å². The lowest BCUT2D eigenvalue weighted by Gasteiger charge is -2.06. The molecule has 2 aromatic rings. The Bertz CT molecular complexity index is 597. The molecule has 0 aromatic carbocycles. The molecule has 21 heavy (non-hydrogen) atoms. The fourth-order valence-electron chi connectivity index (χ4n) is 1.85. The van der Waals surface area contributed by atoms with Crippen LogP contribution in [0.1, 0.15) is 27.6 Å². The molecule has 0 bridgehead atoms. The maximum absolute atomic E-state index is 11.8. The number of amides is 2. The highest BCUT2D eigenvalue weighted by atomic mass is 16.5. The number of rotatable bonds is 6. The van der Waals surface area contributed by atoms with Crippen molar-refractivity contribution in [2.45, 2.75) is 20.3 Å². The molecule has 2 N–H and O–H groups in total. The molecule has 7 nitrogen and oxygen atoms in total. The van der Waals surface area contributed by atoms with Crippen LogP contribution in [0.3, 0.4) is 0 Å². The summed E-state index contributed by atoms with van der Waals surface area (Å²) in [5.41, 5.74) is 1.51. The second-order valence-electron chi connectivity index (χ2n) is 4.56. The number of aryl methyl sites for hydroxylation is 2. The standard InChI is InChI=1S/C14H17N3O4/c1-9-11(10(2)21-17-9)8-13(18)15-5-6-16-14(19)12-4-3-7-20-12/h3-4,7H,5-6,8H2,1-2H3,(H,15,18)(H,16,19). The van der Waals surface area contributed by atoms with Crippen molar-refractivity contribution in [3.63, 3.8) is 0 Å². The van der Waals surface area contributed by atoms with Gasteiger partial charge in [-0.15, -0.1) is 0 Å². The van der Waals surface area contributed by atoms with Gasteiger partial charge in [0.25, 0.3) is 5.91 Å². The van der Waals surface area contributed by atoms with Crippen LogP contribution < -0.4 is 10.6 Å². The van der Waals surface area contributed by atoms with Crippen molar-refractivity contribution in [1.82, 2.24) is 15.8 Å². The largest absolute Gasteiger partial charge is 0.459 e. The Hall–Kier alpha value is -2.57. The highest BCUT2D eigenvalue weighted by molar-refractivity contribution is 5.91. The second-order valence-corrected chi connectivity index (χ2v) is 4.56. The molecule has 0 fully saturated rings. The van der Waals surface area contributed by atoms with Gasteiger partial charge in [0.2, 0.25) is 5.91 Å². The predicted molar refractivity (Wildman–Crippen MR) is 73.7 cm³/mol. The van der Waals surface area contributed by atoms with Crippen molar-refractivity contribution >= 4 is 11.8 Å². The second kappa shape index (κ2) is 6.74. The summed E-state index contributed by atoms with van der Waals surface area (Å²) in [6.07, 6.45) is 1.65. The third-order valence-electron chi connectivity index (χ3n) is 3.00. The van der Waals surface area contributed by atoms with Gasteiger partial charge >= 0.3 is 0 Å². The van der Waals surface area contributed by atoms with E-state index in [-0.39, 0.29) is 24.0 Å². The van der Waals surface area contributed by atoms with Crippen LogP contribution in [0.4, 0.5) is 0 Å². The zero-order valence-electron chi connectivity index (χ0n) is 11.9. The lowest BCUT2D eigenvalue weighted by Crippen LogP contribution is -2.35. The molecule has 7 heteroatoms. The maximum atomic E-state index is 11.8. The molecular weight excluding hydrogens is 274 g/mol. The van der Waals surface area contributed by atoms with E-state index in [1.165, 1.54) is 6.26 Å². The zero-order chi connectivity index (χ0) is 15.2. The molecule has 0 aliphatic rings. The summed E-state index contributed by atoms with van der Waals surface area (Å²) in [4.78, 5) is 23.3. The topological polar surface area (TPSA) is 97.4 Å². The van der Waals surface area contributed by atoms with Crippen molar-refractivity contribution in [3.05, 3.63) is 41.2 Å². The summed E-state index contributed by atoms with van der Waals surface area (Å²) >= 11 is 0. The van der Waals surface area contributed by atoms with Crippen LogP contribution in [0.15, 0.2) is 27.3 Å². The molecule has 0 radical (unpaired) electrons. The minimum atomic E-state index is -0.306. The Morgan fingerprint density at radius 1 is 1.24 bits per heavy atom. The quantitative estimate of drug-likeness (QED) is 0.773. The van der Waals surface area contributed by atoms with Crippen LogP contribution in [0.2, 0.25) is 0 Å². The van der Waals surface area contributed by atoms with Crippen LogP contribution in [-0.2, 0) is 11.2 Å². The zero-order valence-corrected chi connectivity index (χ0v) is 11.9. The monoisotopic (exact) mass is 291 g/mol. The van der Waals surface area contributed by atoms with Gasteiger partial charge in [0, 0.05) is 18.7 Å². The molecule has 0 saturated heterocycles. The Morgan fingerprint density at radius 3 is 2.62 bits per heavy atom. The molecule has 0 saturated carbocycles. The highest BCUT2D eigenvalue weighted by Crippen LogP contribution is 2.12. The third-order valence-corrected chi connectivity index (χ3v) is 3.00. The molecule has 0 unspecified atom stereocenters. The van der Waals surface area contributed by atoms with Gasteiger partial charge in [0.05, 0.1) is 18.4 Å². The average Bonchev–Trinajstić information content (AvgIpc) is 3.09. The highest BCUT2D eigenvalue weighted by Gasteiger charge is 2.13. The third kappa shape index (κ3) is 3.95. The van der Waals surface area contributed by atoms with Crippen molar-refractivity contribution in [3.8, 4) is 0 Å². The van der Waals surface area contributed by atoms with Crippen LogP contribution in [0, 0.1) is 13.8 Å². The number of carbonyl (C=O) groups is 2. The van der Waals surface area contributed by atoms with E-state index in [2.05, 4.69) is 15.8 Å². The Balaban J connectivity index is 1.69. The number of aromatic nitrogens is 1. The van der Waals surface area contributed by atoms with Crippen molar-refractivity contribution in [1.29, 1.82) is 0 Å². The normalized spacial score (nSPS) is 10.4. The number of nitrogens with one attached hydrogen (secondary N) is 2. The van der Waals surface area contributed by atoms with Gasteiger partial charge in [-0.2, -0.15) is 0 Å². The lowest BCUT2D eigenvalue weighted by molar-refractivity contribution is -0.120. The number of hydrogen-bond donors (Lipinski definition) is 2. The van der Waals surface area contributed by atoms with Crippen LogP contribution in [0.5, 0.6) is 0 Å². The fourth-order valence-corrected chi connectivity index (χ4v) is 1.85. The van der Waals surface area contributed by atoms with Gasteiger partial charge in [-0.05, 0) is 26.0 Å². The molecule has 2 amide bonds. The lowest BCUT2D eigenvalue weighted by atomic mass is 10.1. The fraction of sp³-hybridized carbons (Fsp3) is 0.357. The van der Waals surface area contributed by atoms with E-state index in [1.807, 2.05) is 0 Å². The van der Waals surface area contributed by atoms with Crippen LogP contribution >= 0.6 is 0 Å². The van der Waals surface area contributed by atoms with Gasteiger partial charge in [0.1, 0.15) is 5.76 Å². The van der Waals surface area contributed by atoms with Crippen molar-refractivity contribution < 1.29 is 18.5 Å². The number of furan rings is 1. The van der Waals surface area contributed by atoms with Gasteiger partial charge in [-0.25, -0.2) is 0 Å². The van der Waals surface area contributed by atoms with E-state index in [4.69, 9.17) is 8.94 Å². The molecule has 0 spiro atoms. The van der Waals surface area contributed by atoms with Crippen molar-refractivity contribution in [2.24, 2.45) is 0 Å². The summed E-state index contributed by atoms with van der Waals surface area (Å²) in [5, 5.41) is 9.16. The van der Waals surface area contributed by atoms with Gasteiger partial charge < -0.3 is 19.6 Å². The molecule has 2 heterocycles. The minimum Gasteiger partial charge on any atom is -0.459 e. The van der Waals surface area contributed by atoms with Crippen LogP contribution in [-0.4, -0.2) is 30.1 Å². The number of hydrogen-bond acceptors (Lipinski definition) is 5. The minimum absolute atomic E-state index is 0.142. The van der Waals surface area contributed by atoms with E-state index in [0.29, 0.717) is 24.5 Å². The van der Waals surface area contributed by atoms with Gasteiger partial charge in [-0.3, -0.25) is 9.59 Å². The number of nitrogens with zero attached hydrogens (tertiary/aromatic N) is 1. The summed E-state index contributed by atoms with van der Waals surface area (Å²) in [5.74, 6) is 0.447. The average molecular weight is 291 g/mol. The Morgan fingerprint density at radius 2 is 2.00 bits per heavy atom. The van der Waals surface area contributed by atoms with E-state index < -0.39 is 0 Å². The molecule has 112 valence electrons. The first-order valence-corrected chi connectivity index (χ1v) is 6.58. The van der Waals surface area contributed by atoms with Crippen molar-refractivity contribution in [2.75, 3.05) is 13.1 Å². The molecular formula is C14H17N3O4. The smallest absolute Gasteiger partial charge is 0.287 e.